The van der Waals surface area contributed by atoms with Crippen LogP contribution in [0, 0.1) is 6.92 Å². The van der Waals surface area contributed by atoms with Gasteiger partial charge in [0.05, 0.1) is 16.6 Å². The van der Waals surface area contributed by atoms with Crippen molar-refractivity contribution >= 4 is 16.7 Å². The third-order valence-corrected chi connectivity index (χ3v) is 5.69. The molecule has 5 rings (SSSR count). The third-order valence-electron chi connectivity index (χ3n) is 5.69. The summed E-state index contributed by atoms with van der Waals surface area (Å²) in [5.74, 6) is 0.595. The third kappa shape index (κ3) is 3.26. The van der Waals surface area contributed by atoms with Crippen LogP contribution >= 0.6 is 0 Å². The average Bonchev–Trinajstić information content (AvgIpc) is 3.33. The number of aromatic nitrogens is 2. The van der Waals surface area contributed by atoms with Gasteiger partial charge in [-0.2, -0.15) is 13.2 Å². The summed E-state index contributed by atoms with van der Waals surface area (Å²) >= 11 is 0. The highest BCUT2D eigenvalue weighted by Crippen LogP contribution is 2.39. The van der Waals surface area contributed by atoms with Gasteiger partial charge in [0.15, 0.2) is 5.82 Å². The van der Waals surface area contributed by atoms with Gasteiger partial charge < -0.3 is 9.72 Å². The molecule has 2 aromatic carbocycles. The van der Waals surface area contributed by atoms with Crippen LogP contribution in [0.25, 0.3) is 27.9 Å². The Labute approximate surface area is 170 Å². The molecule has 2 aliphatic rings. The van der Waals surface area contributed by atoms with E-state index >= 15 is 0 Å². The Morgan fingerprint density at radius 3 is 2.63 bits per heavy atom. The number of hydroxylamine groups is 1. The number of alkyl halides is 3. The van der Waals surface area contributed by atoms with Gasteiger partial charge in [-0.1, -0.05) is 18.2 Å². The molecule has 1 saturated heterocycles. The van der Waals surface area contributed by atoms with Gasteiger partial charge in [0.1, 0.15) is 11.3 Å². The average molecular weight is 415 g/mol. The molecular weight excluding hydrogens is 395 g/mol. The smallest absolute Gasteiger partial charge is 0.381 e. The Hall–Kier alpha value is -2.84. The monoisotopic (exact) mass is 415 g/mol. The van der Waals surface area contributed by atoms with E-state index in [4.69, 9.17) is 9.57 Å². The second kappa shape index (κ2) is 6.85. The molecule has 5 nitrogen and oxygen atoms in total. The van der Waals surface area contributed by atoms with Gasteiger partial charge in [0, 0.05) is 26.1 Å². The van der Waals surface area contributed by atoms with E-state index in [1.807, 2.05) is 13.0 Å². The minimum Gasteiger partial charge on any atom is -0.381 e. The first kappa shape index (κ1) is 19.1. The molecule has 0 unspecified atom stereocenters. The van der Waals surface area contributed by atoms with E-state index in [2.05, 4.69) is 15.4 Å². The molecule has 2 N–H and O–H groups in total. The summed E-state index contributed by atoms with van der Waals surface area (Å²) in [5, 5.41) is 0. The van der Waals surface area contributed by atoms with E-state index in [0.29, 0.717) is 35.6 Å². The minimum atomic E-state index is -4.42. The Bertz CT molecular complexity index is 1140. The first-order valence-electron chi connectivity index (χ1n) is 9.77. The highest BCUT2D eigenvalue weighted by molar-refractivity contribution is 5.87. The van der Waals surface area contributed by atoms with E-state index in [-0.39, 0.29) is 5.56 Å². The highest BCUT2D eigenvalue weighted by Gasteiger charge is 2.38. The standard InChI is InChI=1S/C22H20F3N3O2/c1-13-10-14(15-4-2-3-5-16(15)22(23,24)25)11-17-19(13)27-20(26-17)18-12-21(30-28-18)6-8-29-9-7-21/h2-5,10-12,28H,6-9H2,1H3,(H,26,27). The first-order valence-corrected chi connectivity index (χ1v) is 9.77. The van der Waals surface area contributed by atoms with Crippen molar-refractivity contribution in [3.63, 3.8) is 0 Å². The minimum absolute atomic E-state index is 0.147. The number of nitrogens with zero attached hydrogens (tertiary/aromatic N) is 1. The number of nitrogens with one attached hydrogen (secondary N) is 2. The second-order valence-corrected chi connectivity index (χ2v) is 7.76. The largest absolute Gasteiger partial charge is 0.417 e. The number of imidazole rings is 1. The fourth-order valence-electron chi connectivity index (χ4n) is 4.11. The number of fused-ring (bicyclic) bond motifs is 1. The number of aryl methyl sites for hydroxylation is 1. The summed E-state index contributed by atoms with van der Waals surface area (Å²) in [6, 6.07) is 9.06. The molecule has 156 valence electrons. The quantitative estimate of drug-likeness (QED) is 0.620. The number of hydrogen-bond acceptors (Lipinski definition) is 4. The maximum atomic E-state index is 13.5. The molecule has 1 fully saturated rings. The van der Waals surface area contributed by atoms with Crippen molar-refractivity contribution in [1.82, 2.24) is 15.4 Å². The molecule has 3 heterocycles. The molecule has 0 atom stereocenters. The number of ether oxygens (including phenoxy) is 1. The summed E-state index contributed by atoms with van der Waals surface area (Å²) < 4.78 is 45.8. The number of benzene rings is 2. The zero-order valence-electron chi connectivity index (χ0n) is 16.3. The van der Waals surface area contributed by atoms with Crippen molar-refractivity contribution in [2.75, 3.05) is 13.2 Å². The van der Waals surface area contributed by atoms with E-state index in [1.165, 1.54) is 12.1 Å². The highest BCUT2D eigenvalue weighted by atomic mass is 19.4. The summed E-state index contributed by atoms with van der Waals surface area (Å²) in [5.41, 5.74) is 5.45. The number of aromatic amines is 1. The summed E-state index contributed by atoms with van der Waals surface area (Å²) in [7, 11) is 0. The summed E-state index contributed by atoms with van der Waals surface area (Å²) in [6.45, 7) is 3.11. The number of rotatable bonds is 2. The molecule has 3 aromatic rings. The van der Waals surface area contributed by atoms with Crippen LogP contribution in [-0.2, 0) is 15.8 Å². The Kier molecular flexibility index (Phi) is 4.37. The van der Waals surface area contributed by atoms with Gasteiger partial charge >= 0.3 is 6.18 Å². The molecule has 1 spiro atoms. The van der Waals surface area contributed by atoms with Gasteiger partial charge in [-0.05, 0) is 47.9 Å². The van der Waals surface area contributed by atoms with E-state index in [9.17, 15) is 13.2 Å². The van der Waals surface area contributed by atoms with Crippen LogP contribution in [0.2, 0.25) is 0 Å². The number of H-pyrrole nitrogens is 1. The molecule has 0 saturated carbocycles. The normalized spacial score (nSPS) is 18.6. The van der Waals surface area contributed by atoms with Gasteiger partial charge in [0.25, 0.3) is 0 Å². The fraction of sp³-hybridized carbons (Fsp3) is 0.318. The lowest BCUT2D eigenvalue weighted by atomic mass is 9.94. The van der Waals surface area contributed by atoms with Crippen LogP contribution < -0.4 is 5.48 Å². The lowest BCUT2D eigenvalue weighted by molar-refractivity contribution is -0.137. The van der Waals surface area contributed by atoms with Crippen molar-refractivity contribution < 1.29 is 22.7 Å². The zero-order chi connectivity index (χ0) is 20.9. The Balaban J connectivity index is 1.56. The van der Waals surface area contributed by atoms with Crippen LogP contribution in [-0.4, -0.2) is 28.8 Å². The second-order valence-electron chi connectivity index (χ2n) is 7.76. The van der Waals surface area contributed by atoms with Crippen LogP contribution in [0.5, 0.6) is 0 Å². The van der Waals surface area contributed by atoms with Gasteiger partial charge in [0.2, 0.25) is 0 Å². The van der Waals surface area contributed by atoms with Crippen LogP contribution in [0.3, 0.4) is 0 Å². The lowest BCUT2D eigenvalue weighted by Crippen LogP contribution is -2.36. The summed E-state index contributed by atoms with van der Waals surface area (Å²) in [4.78, 5) is 13.7. The van der Waals surface area contributed by atoms with Crippen LogP contribution in [0.1, 0.15) is 29.8 Å². The number of hydrogen-bond donors (Lipinski definition) is 2. The SMILES string of the molecule is Cc1cc(-c2ccccc2C(F)(F)F)cc2[nH]c(C3=CC4(CCOCC4)ON3)nc12. The van der Waals surface area contributed by atoms with Crippen molar-refractivity contribution in [2.45, 2.75) is 31.5 Å². The van der Waals surface area contributed by atoms with Crippen molar-refractivity contribution in [3.05, 3.63) is 59.4 Å². The van der Waals surface area contributed by atoms with E-state index in [0.717, 1.165) is 30.2 Å². The van der Waals surface area contributed by atoms with Gasteiger partial charge in [-0.3, -0.25) is 10.3 Å². The van der Waals surface area contributed by atoms with E-state index < -0.39 is 17.3 Å². The molecule has 2 aliphatic heterocycles. The first-order chi connectivity index (χ1) is 14.3. The molecule has 0 aliphatic carbocycles. The molecule has 0 amide bonds. The number of halogens is 3. The van der Waals surface area contributed by atoms with Crippen LogP contribution in [0.4, 0.5) is 13.2 Å². The fourth-order valence-corrected chi connectivity index (χ4v) is 4.11. The van der Waals surface area contributed by atoms with Crippen molar-refractivity contribution in [2.24, 2.45) is 0 Å². The Morgan fingerprint density at radius 2 is 1.87 bits per heavy atom. The molecule has 8 heteroatoms. The van der Waals surface area contributed by atoms with Gasteiger partial charge in [-0.15, -0.1) is 0 Å². The summed E-state index contributed by atoms with van der Waals surface area (Å²) in [6.07, 6.45) is -0.906. The molecule has 0 bridgehead atoms. The topological polar surface area (TPSA) is 59.2 Å². The molecule has 1 aromatic heterocycles. The molecular formula is C22H20F3N3O2. The van der Waals surface area contributed by atoms with Crippen LogP contribution in [0.15, 0.2) is 42.5 Å². The maximum Gasteiger partial charge on any atom is 0.417 e. The Morgan fingerprint density at radius 1 is 1.10 bits per heavy atom. The maximum absolute atomic E-state index is 13.5. The predicted octanol–water partition coefficient (Wildman–Crippen LogP) is 4.98. The van der Waals surface area contributed by atoms with E-state index in [1.54, 1.807) is 18.2 Å². The zero-order valence-corrected chi connectivity index (χ0v) is 16.3. The lowest BCUT2D eigenvalue weighted by Gasteiger charge is -2.29. The molecule has 0 radical (unpaired) electrons. The van der Waals surface area contributed by atoms with Crippen molar-refractivity contribution in [3.8, 4) is 11.1 Å². The van der Waals surface area contributed by atoms with Crippen molar-refractivity contribution in [1.29, 1.82) is 0 Å². The van der Waals surface area contributed by atoms with Gasteiger partial charge in [-0.25, -0.2) is 4.98 Å². The molecule has 30 heavy (non-hydrogen) atoms. The predicted molar refractivity (Wildman–Crippen MR) is 106 cm³/mol.